The van der Waals surface area contributed by atoms with Crippen LogP contribution in [0.15, 0.2) is 42.5 Å². The number of esters is 1. The number of hydrogen-bond donors (Lipinski definition) is 1. The number of benzene rings is 2. The molecule has 156 valence electrons. The molecule has 29 heavy (non-hydrogen) atoms. The van der Waals surface area contributed by atoms with Crippen LogP contribution in [0.3, 0.4) is 0 Å². The number of carbonyl (C=O) groups excluding carboxylic acids is 1. The fraction of sp³-hybridized carbons (Fsp3) is 0.409. The first-order chi connectivity index (χ1) is 13.9. The second kappa shape index (κ2) is 9.20. The van der Waals surface area contributed by atoms with Gasteiger partial charge in [0.05, 0.1) is 18.4 Å². The van der Waals surface area contributed by atoms with Gasteiger partial charge in [-0.25, -0.2) is 4.79 Å². The Morgan fingerprint density at radius 1 is 1.07 bits per heavy atom. The number of alkyl halides is 3. The highest BCUT2D eigenvalue weighted by Gasteiger charge is 2.31. The van der Waals surface area contributed by atoms with Crippen molar-refractivity contribution in [1.29, 1.82) is 0 Å². The third-order valence-corrected chi connectivity index (χ3v) is 5.13. The van der Waals surface area contributed by atoms with Crippen LogP contribution in [0.2, 0.25) is 0 Å². The highest BCUT2D eigenvalue weighted by Crippen LogP contribution is 2.38. The van der Waals surface area contributed by atoms with Crippen LogP contribution in [0.1, 0.15) is 48.0 Å². The Morgan fingerprint density at radius 3 is 2.48 bits per heavy atom. The van der Waals surface area contributed by atoms with Gasteiger partial charge in [-0.3, -0.25) is 0 Å². The molecule has 0 atom stereocenters. The monoisotopic (exact) mass is 407 g/mol. The largest absolute Gasteiger partial charge is 0.465 e. The molecule has 1 N–H and O–H groups in total. The summed E-state index contributed by atoms with van der Waals surface area (Å²) >= 11 is 0. The molecule has 0 amide bonds. The zero-order valence-electron chi connectivity index (χ0n) is 16.2. The molecule has 3 rings (SSSR count). The summed E-state index contributed by atoms with van der Waals surface area (Å²) in [5.74, 6) is 0.294. The highest BCUT2D eigenvalue weighted by molar-refractivity contribution is 5.92. The van der Waals surface area contributed by atoms with Gasteiger partial charge in [0, 0.05) is 6.54 Å². The van der Waals surface area contributed by atoms with Gasteiger partial charge in [0.15, 0.2) is 5.75 Å². The van der Waals surface area contributed by atoms with Crippen molar-refractivity contribution >= 4 is 11.7 Å². The van der Waals surface area contributed by atoms with Crippen LogP contribution < -0.4 is 10.1 Å². The zero-order chi connectivity index (χ0) is 20.9. The first kappa shape index (κ1) is 21.0. The SMILES string of the molecule is COC(=O)c1ccccc1Oc1ccc(C(F)(F)F)cc1NCC1CCCCC1. The van der Waals surface area contributed by atoms with E-state index < -0.39 is 17.7 Å². The van der Waals surface area contributed by atoms with E-state index in [1.54, 1.807) is 24.3 Å². The van der Waals surface area contributed by atoms with Crippen LogP contribution in [0.25, 0.3) is 0 Å². The lowest BCUT2D eigenvalue weighted by Crippen LogP contribution is -2.18. The highest BCUT2D eigenvalue weighted by atomic mass is 19.4. The summed E-state index contributed by atoms with van der Waals surface area (Å²) in [7, 11) is 1.26. The number of nitrogens with one attached hydrogen (secondary N) is 1. The minimum absolute atomic E-state index is 0.202. The first-order valence-electron chi connectivity index (χ1n) is 9.69. The molecule has 0 radical (unpaired) electrons. The number of halogens is 3. The van der Waals surface area contributed by atoms with Crippen LogP contribution >= 0.6 is 0 Å². The van der Waals surface area contributed by atoms with E-state index in [-0.39, 0.29) is 22.7 Å². The van der Waals surface area contributed by atoms with E-state index in [0.29, 0.717) is 12.5 Å². The Kier molecular flexibility index (Phi) is 6.67. The van der Waals surface area contributed by atoms with Crippen molar-refractivity contribution in [3.8, 4) is 11.5 Å². The molecule has 0 saturated heterocycles. The second-order valence-corrected chi connectivity index (χ2v) is 7.18. The molecule has 1 aliphatic carbocycles. The molecule has 0 aliphatic heterocycles. The van der Waals surface area contributed by atoms with E-state index in [9.17, 15) is 18.0 Å². The second-order valence-electron chi connectivity index (χ2n) is 7.18. The Hall–Kier alpha value is -2.70. The number of para-hydroxylation sites is 1. The fourth-order valence-electron chi connectivity index (χ4n) is 3.53. The normalized spacial score (nSPS) is 15.0. The lowest BCUT2D eigenvalue weighted by atomic mass is 9.89. The van der Waals surface area contributed by atoms with Crippen molar-refractivity contribution in [3.63, 3.8) is 0 Å². The Bertz CT molecular complexity index is 845. The quantitative estimate of drug-likeness (QED) is 0.573. The van der Waals surface area contributed by atoms with Crippen LogP contribution in [0, 0.1) is 5.92 Å². The van der Waals surface area contributed by atoms with Crippen molar-refractivity contribution in [2.24, 2.45) is 5.92 Å². The Morgan fingerprint density at radius 2 is 1.79 bits per heavy atom. The molecule has 4 nitrogen and oxygen atoms in total. The van der Waals surface area contributed by atoms with E-state index in [2.05, 4.69) is 5.32 Å². The molecule has 0 heterocycles. The summed E-state index contributed by atoms with van der Waals surface area (Å²) in [6.45, 7) is 0.580. The van der Waals surface area contributed by atoms with E-state index in [1.165, 1.54) is 19.6 Å². The number of anilines is 1. The van der Waals surface area contributed by atoms with Crippen molar-refractivity contribution in [2.75, 3.05) is 19.0 Å². The maximum atomic E-state index is 13.2. The van der Waals surface area contributed by atoms with Gasteiger partial charge in [-0.2, -0.15) is 13.2 Å². The zero-order valence-corrected chi connectivity index (χ0v) is 16.2. The average Bonchev–Trinajstić information content (AvgIpc) is 2.73. The summed E-state index contributed by atoms with van der Waals surface area (Å²) < 4.78 is 50.2. The standard InChI is InChI=1S/C22H24F3NO3/c1-28-21(27)17-9-5-6-10-19(17)29-20-12-11-16(22(23,24)25)13-18(20)26-14-15-7-3-2-4-8-15/h5-6,9-13,15,26H,2-4,7-8,14H2,1H3. The van der Waals surface area contributed by atoms with Gasteiger partial charge in [-0.1, -0.05) is 31.4 Å². The molecule has 7 heteroatoms. The molecule has 2 aromatic rings. The predicted octanol–water partition coefficient (Wildman–Crippen LogP) is 6.28. The number of methoxy groups -OCH3 is 1. The van der Waals surface area contributed by atoms with Crippen LogP contribution in [0.4, 0.5) is 18.9 Å². The van der Waals surface area contributed by atoms with Crippen molar-refractivity contribution in [3.05, 3.63) is 53.6 Å². The number of ether oxygens (including phenoxy) is 2. The van der Waals surface area contributed by atoms with Crippen molar-refractivity contribution in [2.45, 2.75) is 38.3 Å². The lowest BCUT2D eigenvalue weighted by molar-refractivity contribution is -0.137. The first-order valence-corrected chi connectivity index (χ1v) is 9.69. The molecule has 1 aliphatic rings. The summed E-state index contributed by atoms with van der Waals surface area (Å²) in [5, 5.41) is 3.14. The number of rotatable bonds is 6. The summed E-state index contributed by atoms with van der Waals surface area (Å²) in [6.07, 6.45) is 1.17. The third-order valence-electron chi connectivity index (χ3n) is 5.13. The number of carbonyl (C=O) groups is 1. The van der Waals surface area contributed by atoms with E-state index in [4.69, 9.17) is 9.47 Å². The minimum Gasteiger partial charge on any atom is -0.465 e. The predicted molar refractivity (Wildman–Crippen MR) is 104 cm³/mol. The average molecular weight is 407 g/mol. The summed E-state index contributed by atoms with van der Waals surface area (Å²) in [5.41, 5.74) is -0.296. The van der Waals surface area contributed by atoms with Crippen LogP contribution in [-0.2, 0) is 10.9 Å². The molecule has 1 fully saturated rings. The molecule has 1 saturated carbocycles. The Balaban J connectivity index is 1.88. The van der Waals surface area contributed by atoms with E-state index in [0.717, 1.165) is 37.8 Å². The maximum absolute atomic E-state index is 13.2. The van der Waals surface area contributed by atoms with Gasteiger partial charge >= 0.3 is 12.1 Å². The summed E-state index contributed by atoms with van der Waals surface area (Å²) in [6, 6.07) is 9.77. The van der Waals surface area contributed by atoms with Crippen LogP contribution in [-0.4, -0.2) is 19.6 Å². The summed E-state index contributed by atoms with van der Waals surface area (Å²) in [4.78, 5) is 12.0. The van der Waals surface area contributed by atoms with Gasteiger partial charge in [-0.15, -0.1) is 0 Å². The number of hydrogen-bond acceptors (Lipinski definition) is 4. The fourth-order valence-corrected chi connectivity index (χ4v) is 3.53. The topological polar surface area (TPSA) is 47.6 Å². The molecule has 2 aromatic carbocycles. The molecule has 0 aromatic heterocycles. The molecule has 0 spiro atoms. The van der Waals surface area contributed by atoms with Gasteiger partial charge in [0.25, 0.3) is 0 Å². The Labute approximate surface area is 168 Å². The smallest absolute Gasteiger partial charge is 0.416 e. The van der Waals surface area contributed by atoms with Crippen molar-refractivity contribution in [1.82, 2.24) is 0 Å². The lowest BCUT2D eigenvalue weighted by Gasteiger charge is -2.23. The van der Waals surface area contributed by atoms with E-state index >= 15 is 0 Å². The molecule has 0 bridgehead atoms. The van der Waals surface area contributed by atoms with E-state index in [1.807, 2.05) is 0 Å². The van der Waals surface area contributed by atoms with Gasteiger partial charge < -0.3 is 14.8 Å². The van der Waals surface area contributed by atoms with Gasteiger partial charge in [-0.05, 0) is 49.1 Å². The molecular weight excluding hydrogens is 383 g/mol. The maximum Gasteiger partial charge on any atom is 0.416 e. The third kappa shape index (κ3) is 5.43. The van der Waals surface area contributed by atoms with Gasteiger partial charge in [0.1, 0.15) is 11.3 Å². The van der Waals surface area contributed by atoms with Crippen molar-refractivity contribution < 1.29 is 27.4 Å². The molecular formula is C22H24F3NO3. The minimum atomic E-state index is -4.45. The van der Waals surface area contributed by atoms with Gasteiger partial charge in [0.2, 0.25) is 0 Å². The van der Waals surface area contributed by atoms with Crippen LogP contribution in [0.5, 0.6) is 11.5 Å². The molecule has 0 unspecified atom stereocenters.